The molecule has 12 heteroatoms. The Labute approximate surface area is 225 Å². The van der Waals surface area contributed by atoms with Gasteiger partial charge in [0.05, 0.1) is 17.8 Å². The Kier molecular flexibility index (Phi) is 7.37. The molecule has 0 N–H and O–H groups in total. The normalized spacial score (nSPS) is 18.7. The van der Waals surface area contributed by atoms with E-state index in [2.05, 4.69) is 21.3 Å². The number of allylic oxidation sites excluding steroid dienone is 2. The molecule has 0 unspecified atom stereocenters. The number of nitrogens with zero attached hydrogens (tertiary/aromatic N) is 6. The summed E-state index contributed by atoms with van der Waals surface area (Å²) in [5.41, 5.74) is 2.60. The number of likely N-dealkylation sites (tertiary alicyclic amines) is 1. The van der Waals surface area contributed by atoms with Crippen molar-refractivity contribution in [3.8, 4) is 11.5 Å². The number of rotatable bonds is 5. The molecule has 5 rings (SSSR count). The van der Waals surface area contributed by atoms with Crippen molar-refractivity contribution < 1.29 is 27.5 Å². The van der Waals surface area contributed by atoms with Gasteiger partial charge < -0.3 is 19.0 Å². The number of carbonyl (C=O) groups is 2. The van der Waals surface area contributed by atoms with Crippen molar-refractivity contribution in [2.45, 2.75) is 71.1 Å². The summed E-state index contributed by atoms with van der Waals surface area (Å²) in [7, 11) is 0. The zero-order valence-electron chi connectivity index (χ0n) is 22.3. The number of halogens is 2. The molecule has 0 saturated carbocycles. The summed E-state index contributed by atoms with van der Waals surface area (Å²) >= 11 is 0. The molecule has 2 aromatic heterocycles. The van der Waals surface area contributed by atoms with Crippen molar-refractivity contribution >= 4 is 12.1 Å². The van der Waals surface area contributed by atoms with Crippen LogP contribution in [0.4, 0.5) is 18.4 Å². The highest BCUT2D eigenvalue weighted by molar-refractivity contribution is 5.80. The lowest BCUT2D eigenvalue weighted by Crippen LogP contribution is -2.55. The van der Waals surface area contributed by atoms with E-state index in [4.69, 9.17) is 9.15 Å². The van der Waals surface area contributed by atoms with Crippen LogP contribution < -0.4 is 0 Å². The second-order valence-corrected chi connectivity index (χ2v) is 10.9. The molecule has 0 radical (unpaired) electrons. The van der Waals surface area contributed by atoms with Crippen LogP contribution >= 0.6 is 0 Å². The minimum Gasteiger partial charge on any atom is -0.444 e. The van der Waals surface area contributed by atoms with Crippen LogP contribution in [0.2, 0.25) is 0 Å². The maximum Gasteiger partial charge on any atom is 0.410 e. The van der Waals surface area contributed by atoms with E-state index in [-0.39, 0.29) is 30.6 Å². The molecular weight excluding hydrogens is 510 g/mol. The molecule has 2 aliphatic heterocycles. The molecule has 1 saturated heterocycles. The minimum atomic E-state index is -2.85. The fraction of sp³-hybridized carbons (Fsp3) is 0.519. The third kappa shape index (κ3) is 5.94. The van der Waals surface area contributed by atoms with Gasteiger partial charge >= 0.3 is 18.5 Å². The number of pyridine rings is 1. The van der Waals surface area contributed by atoms with Crippen LogP contribution in [0, 0.1) is 0 Å². The number of aromatic nitrogens is 3. The van der Waals surface area contributed by atoms with Crippen molar-refractivity contribution in [1.82, 2.24) is 29.9 Å². The van der Waals surface area contributed by atoms with E-state index in [0.717, 1.165) is 18.5 Å². The first-order valence-electron chi connectivity index (χ1n) is 13.1. The SMILES string of the molecule is CC(C)(C)OC(=O)N1CCC(N2CC3=C(C=CCC3)N(Cc3ccc(-c4nnc(C(F)F)o4)cn3)C2=O)CC1. The largest absolute Gasteiger partial charge is 0.444 e. The number of piperidine rings is 1. The Balaban J connectivity index is 1.29. The molecule has 0 bridgehead atoms. The van der Waals surface area contributed by atoms with E-state index in [1.807, 2.05) is 31.7 Å². The van der Waals surface area contributed by atoms with Crippen LogP contribution in [-0.4, -0.2) is 73.3 Å². The fourth-order valence-corrected chi connectivity index (χ4v) is 5.04. The molecule has 0 aromatic carbocycles. The first-order chi connectivity index (χ1) is 18.6. The van der Waals surface area contributed by atoms with E-state index in [9.17, 15) is 18.4 Å². The second-order valence-electron chi connectivity index (χ2n) is 10.9. The molecule has 2 aromatic rings. The second kappa shape index (κ2) is 10.7. The maximum atomic E-state index is 13.8. The topological polar surface area (TPSA) is 105 Å². The Bertz CT molecular complexity index is 1280. The highest BCUT2D eigenvalue weighted by Gasteiger charge is 2.38. The maximum absolute atomic E-state index is 13.8. The first kappa shape index (κ1) is 26.8. The molecule has 0 atom stereocenters. The van der Waals surface area contributed by atoms with Crippen LogP contribution in [0.3, 0.4) is 0 Å². The molecule has 39 heavy (non-hydrogen) atoms. The summed E-state index contributed by atoms with van der Waals surface area (Å²) < 4.78 is 36.1. The van der Waals surface area contributed by atoms with Crippen LogP contribution in [0.5, 0.6) is 0 Å². The van der Waals surface area contributed by atoms with Gasteiger partial charge in [0.1, 0.15) is 5.60 Å². The van der Waals surface area contributed by atoms with E-state index in [0.29, 0.717) is 43.7 Å². The average molecular weight is 543 g/mol. The summed E-state index contributed by atoms with van der Waals surface area (Å²) in [5, 5.41) is 7.01. The fourth-order valence-electron chi connectivity index (χ4n) is 5.04. The van der Waals surface area contributed by atoms with Crippen molar-refractivity contribution in [2.24, 2.45) is 0 Å². The molecule has 1 fully saturated rings. The predicted octanol–water partition coefficient (Wildman–Crippen LogP) is 5.31. The van der Waals surface area contributed by atoms with Gasteiger partial charge in [0.15, 0.2) is 0 Å². The third-order valence-corrected chi connectivity index (χ3v) is 6.96. The summed E-state index contributed by atoms with van der Waals surface area (Å²) in [6, 6.07) is 3.30. The zero-order valence-corrected chi connectivity index (χ0v) is 22.3. The van der Waals surface area contributed by atoms with Gasteiger partial charge in [-0.05, 0) is 70.2 Å². The van der Waals surface area contributed by atoms with E-state index in [1.165, 1.54) is 11.8 Å². The molecular formula is C27H32F2N6O4. The van der Waals surface area contributed by atoms with Gasteiger partial charge in [-0.25, -0.2) is 9.59 Å². The number of alkyl halides is 2. The monoisotopic (exact) mass is 542 g/mol. The molecule has 208 valence electrons. The summed E-state index contributed by atoms with van der Waals surface area (Å²) in [6.07, 6.45) is 5.52. The van der Waals surface area contributed by atoms with Gasteiger partial charge in [-0.3, -0.25) is 9.88 Å². The van der Waals surface area contributed by atoms with Crippen LogP contribution in [0.25, 0.3) is 11.5 Å². The first-order valence-corrected chi connectivity index (χ1v) is 13.1. The van der Waals surface area contributed by atoms with Crippen LogP contribution in [0.15, 0.2) is 46.2 Å². The van der Waals surface area contributed by atoms with Crippen molar-refractivity contribution in [2.75, 3.05) is 19.6 Å². The number of amides is 3. The van der Waals surface area contributed by atoms with Crippen LogP contribution in [0.1, 0.15) is 64.5 Å². The number of urea groups is 1. The number of carbonyl (C=O) groups excluding carboxylic acids is 2. The lowest BCUT2D eigenvalue weighted by atomic mass is 9.95. The number of hydrogen-bond donors (Lipinski definition) is 0. The van der Waals surface area contributed by atoms with Crippen LogP contribution in [-0.2, 0) is 11.3 Å². The highest BCUT2D eigenvalue weighted by Crippen LogP contribution is 2.33. The Hall–Kier alpha value is -3.83. The van der Waals surface area contributed by atoms with Crippen molar-refractivity contribution in [1.29, 1.82) is 0 Å². The Morgan fingerprint density at radius 1 is 1.21 bits per heavy atom. The van der Waals surface area contributed by atoms with Gasteiger partial charge in [-0.2, -0.15) is 8.78 Å². The third-order valence-electron chi connectivity index (χ3n) is 6.96. The van der Waals surface area contributed by atoms with Crippen molar-refractivity contribution in [3.05, 3.63) is 53.3 Å². The van der Waals surface area contributed by atoms with Gasteiger partial charge in [0.2, 0.25) is 5.89 Å². The van der Waals surface area contributed by atoms with Gasteiger partial charge in [0.25, 0.3) is 5.89 Å². The molecule has 3 amide bonds. The highest BCUT2D eigenvalue weighted by atomic mass is 19.3. The van der Waals surface area contributed by atoms with Gasteiger partial charge in [-0.1, -0.05) is 6.08 Å². The average Bonchev–Trinajstić information content (AvgIpc) is 3.41. The number of hydrogen-bond acceptors (Lipinski definition) is 7. The quantitative estimate of drug-likeness (QED) is 0.504. The molecule has 4 heterocycles. The van der Waals surface area contributed by atoms with E-state index in [1.54, 1.807) is 21.9 Å². The van der Waals surface area contributed by atoms with E-state index >= 15 is 0 Å². The standard InChI is InChI=1S/C27H32F2N6O4/c1-27(2,3)39-26(37)33-12-10-20(11-13-33)34-15-18-6-4-5-7-21(18)35(25(34)36)16-19-9-8-17(14-30-19)23-31-32-24(38-23)22(28)29/h5,7-9,14,20,22H,4,6,10-13,15-16H2,1-3H3. The molecule has 1 aliphatic carbocycles. The Morgan fingerprint density at radius 2 is 1.97 bits per heavy atom. The Morgan fingerprint density at radius 3 is 2.62 bits per heavy atom. The molecule has 3 aliphatic rings. The van der Waals surface area contributed by atoms with Gasteiger partial charge in [0, 0.05) is 37.6 Å². The minimum absolute atomic E-state index is 0.00976. The number of ether oxygens (including phenoxy) is 1. The smallest absolute Gasteiger partial charge is 0.410 e. The summed E-state index contributed by atoms with van der Waals surface area (Å²) in [6.45, 7) is 7.42. The van der Waals surface area contributed by atoms with Crippen molar-refractivity contribution in [3.63, 3.8) is 0 Å². The molecule has 0 spiro atoms. The molecule has 10 nitrogen and oxygen atoms in total. The summed E-state index contributed by atoms with van der Waals surface area (Å²) in [4.78, 5) is 36.1. The lowest BCUT2D eigenvalue weighted by Gasteiger charge is -2.45. The summed E-state index contributed by atoms with van der Waals surface area (Å²) in [5.74, 6) is -0.781. The predicted molar refractivity (Wildman–Crippen MR) is 136 cm³/mol. The van der Waals surface area contributed by atoms with E-state index < -0.39 is 17.9 Å². The lowest BCUT2D eigenvalue weighted by molar-refractivity contribution is 0.0157. The zero-order chi connectivity index (χ0) is 27.7. The van der Waals surface area contributed by atoms with Gasteiger partial charge in [-0.15, -0.1) is 10.2 Å².